The Morgan fingerprint density at radius 3 is 2.00 bits per heavy atom. The first-order chi connectivity index (χ1) is 20.0. The van der Waals surface area contributed by atoms with Gasteiger partial charge in [0, 0.05) is 11.5 Å². The van der Waals surface area contributed by atoms with Crippen molar-refractivity contribution < 1.29 is 28.4 Å². The van der Waals surface area contributed by atoms with Crippen LogP contribution in [0.4, 0.5) is 0 Å². The maximum absolute atomic E-state index is 6.73. The molecule has 0 aromatic heterocycles. The Balaban J connectivity index is 1.18. The molecule has 2 saturated heterocycles. The van der Waals surface area contributed by atoms with Crippen LogP contribution in [0.25, 0.3) is 0 Å². The lowest BCUT2D eigenvalue weighted by atomic mass is 9.84. The molecule has 2 fully saturated rings. The van der Waals surface area contributed by atoms with E-state index in [1.54, 1.807) is 0 Å². The SMILES string of the molecule is CC1[C@@H](OC[C@H](N)[C@H](OCc2ccccc2)[C@@H](C)OCc2ccccc2)OC2COC(c3ccccc3)O[C@@H]2[C@@H]1C. The molecule has 0 bridgehead atoms. The summed E-state index contributed by atoms with van der Waals surface area (Å²) in [6, 6.07) is 29.8. The van der Waals surface area contributed by atoms with E-state index in [2.05, 4.69) is 13.8 Å². The molecule has 3 unspecified atom stereocenters. The molecule has 0 saturated carbocycles. The highest BCUT2D eigenvalue weighted by molar-refractivity contribution is 5.17. The highest BCUT2D eigenvalue weighted by Gasteiger charge is 2.47. The van der Waals surface area contributed by atoms with Crippen LogP contribution in [0.5, 0.6) is 0 Å². The van der Waals surface area contributed by atoms with Crippen molar-refractivity contribution in [2.45, 2.75) is 77.0 Å². The third-order valence-electron chi connectivity index (χ3n) is 8.20. The van der Waals surface area contributed by atoms with Crippen molar-refractivity contribution in [3.8, 4) is 0 Å². The van der Waals surface area contributed by atoms with E-state index in [1.807, 2.05) is 97.9 Å². The molecule has 220 valence electrons. The van der Waals surface area contributed by atoms with Gasteiger partial charge in [-0.05, 0) is 24.0 Å². The van der Waals surface area contributed by atoms with Crippen molar-refractivity contribution in [1.82, 2.24) is 0 Å². The number of hydrogen-bond acceptors (Lipinski definition) is 7. The van der Waals surface area contributed by atoms with Gasteiger partial charge in [0.15, 0.2) is 12.6 Å². The van der Waals surface area contributed by atoms with Crippen LogP contribution >= 0.6 is 0 Å². The number of nitrogens with two attached hydrogens (primary N) is 1. The Morgan fingerprint density at radius 1 is 0.780 bits per heavy atom. The van der Waals surface area contributed by atoms with Gasteiger partial charge in [0.25, 0.3) is 0 Å². The Hall–Kier alpha value is -2.62. The van der Waals surface area contributed by atoms with Crippen molar-refractivity contribution in [2.24, 2.45) is 17.6 Å². The van der Waals surface area contributed by atoms with Crippen LogP contribution in [0.1, 0.15) is 43.8 Å². The van der Waals surface area contributed by atoms with Gasteiger partial charge in [-0.3, -0.25) is 0 Å². The molecule has 2 heterocycles. The Kier molecular flexibility index (Phi) is 10.6. The lowest BCUT2D eigenvalue weighted by Crippen LogP contribution is -2.56. The largest absolute Gasteiger partial charge is 0.371 e. The zero-order chi connectivity index (χ0) is 28.6. The topological polar surface area (TPSA) is 81.4 Å². The number of ether oxygens (including phenoxy) is 6. The molecule has 2 aliphatic rings. The highest BCUT2D eigenvalue weighted by atomic mass is 16.7. The minimum Gasteiger partial charge on any atom is -0.371 e. The molecule has 3 aromatic rings. The van der Waals surface area contributed by atoms with E-state index in [0.717, 1.165) is 16.7 Å². The average Bonchev–Trinajstić information content (AvgIpc) is 3.02. The number of fused-ring (bicyclic) bond motifs is 1. The number of benzene rings is 3. The average molecular weight is 562 g/mol. The normalized spacial score (nSPS) is 28.4. The summed E-state index contributed by atoms with van der Waals surface area (Å²) in [5, 5.41) is 0. The monoisotopic (exact) mass is 561 g/mol. The molecule has 7 heteroatoms. The molecule has 0 amide bonds. The van der Waals surface area contributed by atoms with Crippen LogP contribution in [0.3, 0.4) is 0 Å². The Morgan fingerprint density at radius 2 is 1.37 bits per heavy atom. The summed E-state index contributed by atoms with van der Waals surface area (Å²) in [7, 11) is 0. The van der Waals surface area contributed by atoms with E-state index in [-0.39, 0.29) is 49.1 Å². The van der Waals surface area contributed by atoms with Gasteiger partial charge < -0.3 is 34.2 Å². The third-order valence-corrected chi connectivity index (χ3v) is 8.20. The summed E-state index contributed by atoms with van der Waals surface area (Å²) in [6.45, 7) is 7.97. The molecule has 0 spiro atoms. The van der Waals surface area contributed by atoms with Crippen molar-refractivity contribution in [3.63, 3.8) is 0 Å². The third kappa shape index (κ3) is 7.81. The maximum Gasteiger partial charge on any atom is 0.184 e. The second-order valence-corrected chi connectivity index (χ2v) is 11.2. The minimum absolute atomic E-state index is 0.0779. The van der Waals surface area contributed by atoms with Gasteiger partial charge >= 0.3 is 0 Å². The van der Waals surface area contributed by atoms with Gasteiger partial charge in [0.1, 0.15) is 12.2 Å². The van der Waals surface area contributed by atoms with Crippen molar-refractivity contribution >= 4 is 0 Å². The lowest BCUT2D eigenvalue weighted by Gasteiger charge is -2.48. The molecular weight excluding hydrogens is 518 g/mol. The van der Waals surface area contributed by atoms with Gasteiger partial charge in [0.2, 0.25) is 0 Å². The smallest absolute Gasteiger partial charge is 0.184 e. The van der Waals surface area contributed by atoms with Crippen LogP contribution in [-0.2, 0) is 41.6 Å². The summed E-state index contributed by atoms with van der Waals surface area (Å²) in [5.41, 5.74) is 9.92. The summed E-state index contributed by atoms with van der Waals surface area (Å²) in [5.74, 6) is 0.316. The first kappa shape index (κ1) is 29.9. The van der Waals surface area contributed by atoms with Gasteiger partial charge in [0.05, 0.1) is 44.7 Å². The molecule has 5 rings (SSSR count). The van der Waals surface area contributed by atoms with Crippen LogP contribution in [0.15, 0.2) is 91.0 Å². The van der Waals surface area contributed by atoms with Crippen LogP contribution in [0, 0.1) is 11.8 Å². The van der Waals surface area contributed by atoms with E-state index in [9.17, 15) is 0 Å². The van der Waals surface area contributed by atoms with Crippen LogP contribution in [-0.4, -0.2) is 50.0 Å². The second kappa shape index (κ2) is 14.5. The van der Waals surface area contributed by atoms with E-state index in [4.69, 9.17) is 34.2 Å². The predicted octanol–water partition coefficient (Wildman–Crippen LogP) is 5.63. The molecule has 41 heavy (non-hydrogen) atoms. The fraction of sp³-hybridized carbons (Fsp3) is 0.471. The fourth-order valence-electron chi connectivity index (χ4n) is 5.52. The molecule has 2 aliphatic heterocycles. The standard InChI is InChI=1S/C34H43NO6/c1-23-24(2)33(40-30-22-39-34(41-31(23)30)28-17-11-6-12-18-28)38-21-29(35)32(37-20-27-15-9-5-10-16-27)25(3)36-19-26-13-7-4-8-14-26/h4-18,23-25,29-34H,19-22,35H2,1-3H3/t23-,24?,25-,29+,30?,31-,32-,33+,34?/m1/s1. The van der Waals surface area contributed by atoms with E-state index < -0.39 is 12.3 Å². The van der Waals surface area contributed by atoms with Crippen molar-refractivity contribution in [3.05, 3.63) is 108 Å². The quantitative estimate of drug-likeness (QED) is 0.307. The molecule has 9 atom stereocenters. The summed E-state index contributed by atoms with van der Waals surface area (Å²) >= 11 is 0. The van der Waals surface area contributed by atoms with Crippen molar-refractivity contribution in [1.29, 1.82) is 0 Å². The molecular formula is C34H43NO6. The minimum atomic E-state index is -0.423. The van der Waals surface area contributed by atoms with Crippen LogP contribution in [0.2, 0.25) is 0 Å². The molecule has 0 radical (unpaired) electrons. The maximum atomic E-state index is 6.73. The van der Waals surface area contributed by atoms with Crippen molar-refractivity contribution in [2.75, 3.05) is 13.2 Å². The molecule has 7 nitrogen and oxygen atoms in total. The van der Waals surface area contributed by atoms with Gasteiger partial charge in [-0.1, -0.05) is 105 Å². The van der Waals surface area contributed by atoms with E-state index in [1.165, 1.54) is 0 Å². The highest BCUT2D eigenvalue weighted by Crippen LogP contribution is 2.39. The Bertz CT molecular complexity index is 1160. The summed E-state index contributed by atoms with van der Waals surface area (Å²) in [4.78, 5) is 0. The summed E-state index contributed by atoms with van der Waals surface area (Å²) < 4.78 is 37.7. The van der Waals surface area contributed by atoms with Gasteiger partial charge in [-0.2, -0.15) is 0 Å². The lowest BCUT2D eigenvalue weighted by molar-refractivity contribution is -0.343. The van der Waals surface area contributed by atoms with E-state index >= 15 is 0 Å². The first-order valence-electron chi connectivity index (χ1n) is 14.7. The molecule has 0 aliphatic carbocycles. The number of rotatable bonds is 12. The Labute approximate surface area is 243 Å². The zero-order valence-corrected chi connectivity index (χ0v) is 24.2. The predicted molar refractivity (Wildman–Crippen MR) is 157 cm³/mol. The van der Waals surface area contributed by atoms with Gasteiger partial charge in [-0.15, -0.1) is 0 Å². The van der Waals surface area contributed by atoms with E-state index in [0.29, 0.717) is 19.8 Å². The molecule has 2 N–H and O–H groups in total. The molecule has 3 aromatic carbocycles. The zero-order valence-electron chi connectivity index (χ0n) is 24.2. The number of hydrogen-bond donors (Lipinski definition) is 1. The van der Waals surface area contributed by atoms with Gasteiger partial charge in [-0.25, -0.2) is 0 Å². The fourth-order valence-corrected chi connectivity index (χ4v) is 5.52. The summed E-state index contributed by atoms with van der Waals surface area (Å²) in [6.07, 6.45) is -1.72. The van der Waals surface area contributed by atoms with Crippen LogP contribution < -0.4 is 5.73 Å². The first-order valence-corrected chi connectivity index (χ1v) is 14.7. The second-order valence-electron chi connectivity index (χ2n) is 11.2.